The number of amides is 1. The quantitative estimate of drug-likeness (QED) is 0.365. The number of nitrogens with one attached hydrogen (secondary N) is 1. The van der Waals surface area contributed by atoms with Gasteiger partial charge in [-0.25, -0.2) is 4.99 Å². The molecule has 0 aromatic carbocycles. The van der Waals surface area contributed by atoms with E-state index in [-0.39, 0.29) is 36.4 Å². The first-order valence-corrected chi connectivity index (χ1v) is 10.5. The highest BCUT2D eigenvalue weighted by Crippen LogP contribution is 2.38. The van der Waals surface area contributed by atoms with E-state index in [1.54, 1.807) is 19.0 Å². The third-order valence-electron chi connectivity index (χ3n) is 6.28. The topological polar surface area (TPSA) is 51.2 Å². The van der Waals surface area contributed by atoms with Gasteiger partial charge in [0.15, 0.2) is 5.96 Å². The van der Waals surface area contributed by atoms with E-state index >= 15 is 0 Å². The molecule has 2 heterocycles. The molecule has 3 aliphatic rings. The number of hydrogen-bond acceptors (Lipinski definition) is 3. The number of likely N-dealkylation sites (tertiary alicyclic amines) is 2. The van der Waals surface area contributed by atoms with Crippen molar-refractivity contribution in [2.75, 3.05) is 40.3 Å². The molecule has 1 saturated carbocycles. The van der Waals surface area contributed by atoms with E-state index < -0.39 is 0 Å². The van der Waals surface area contributed by atoms with E-state index in [1.807, 2.05) is 0 Å². The molecule has 7 heteroatoms. The zero-order valence-corrected chi connectivity index (χ0v) is 19.8. The largest absolute Gasteiger partial charge is 0.354 e. The van der Waals surface area contributed by atoms with Crippen LogP contribution in [0, 0.1) is 5.92 Å². The van der Waals surface area contributed by atoms with Crippen LogP contribution in [-0.2, 0) is 4.79 Å². The molecule has 1 amide bonds. The van der Waals surface area contributed by atoms with Crippen molar-refractivity contribution >= 4 is 35.8 Å². The van der Waals surface area contributed by atoms with E-state index in [4.69, 9.17) is 0 Å². The fourth-order valence-corrected chi connectivity index (χ4v) is 4.34. The number of piperidine rings is 2. The third-order valence-corrected chi connectivity index (χ3v) is 6.28. The predicted molar refractivity (Wildman–Crippen MR) is 122 cm³/mol. The van der Waals surface area contributed by atoms with Gasteiger partial charge in [0.05, 0.1) is 0 Å². The van der Waals surface area contributed by atoms with Crippen molar-refractivity contribution in [2.45, 2.75) is 70.5 Å². The first-order valence-electron chi connectivity index (χ1n) is 10.5. The van der Waals surface area contributed by atoms with Gasteiger partial charge in [0.25, 0.3) is 0 Å². The van der Waals surface area contributed by atoms with Crippen molar-refractivity contribution in [1.82, 2.24) is 20.0 Å². The van der Waals surface area contributed by atoms with Gasteiger partial charge in [-0.3, -0.25) is 9.69 Å². The van der Waals surface area contributed by atoms with Crippen molar-refractivity contribution in [3.63, 3.8) is 0 Å². The van der Waals surface area contributed by atoms with Gasteiger partial charge in [0.2, 0.25) is 5.91 Å². The molecule has 2 aliphatic heterocycles. The van der Waals surface area contributed by atoms with Gasteiger partial charge < -0.3 is 15.1 Å². The van der Waals surface area contributed by atoms with Crippen LogP contribution in [0.3, 0.4) is 0 Å². The van der Waals surface area contributed by atoms with Crippen LogP contribution >= 0.6 is 24.0 Å². The maximum atomic E-state index is 12.0. The fraction of sp³-hybridized carbons (Fsp3) is 0.900. The Kier molecular flexibility index (Phi) is 8.65. The average Bonchev–Trinajstić information content (AvgIpc) is 3.48. The Morgan fingerprint density at radius 2 is 1.96 bits per heavy atom. The van der Waals surface area contributed by atoms with Crippen LogP contribution in [0.2, 0.25) is 0 Å². The van der Waals surface area contributed by atoms with E-state index in [0.29, 0.717) is 6.04 Å². The lowest BCUT2D eigenvalue weighted by Crippen LogP contribution is -2.58. The summed E-state index contributed by atoms with van der Waals surface area (Å²) in [5.41, 5.74) is 0. The smallest absolute Gasteiger partial charge is 0.243 e. The number of halogens is 1. The fourth-order valence-electron chi connectivity index (χ4n) is 4.34. The van der Waals surface area contributed by atoms with Gasteiger partial charge in [-0.15, -0.1) is 24.0 Å². The summed E-state index contributed by atoms with van der Waals surface area (Å²) in [5, 5.41) is 3.56. The normalized spacial score (nSPS) is 27.4. The molecule has 0 radical (unpaired) electrons. The number of rotatable bonds is 5. The number of carbonyl (C=O) groups is 1. The molecule has 3 unspecified atom stereocenters. The zero-order valence-electron chi connectivity index (χ0n) is 17.5. The zero-order chi connectivity index (χ0) is 18.7. The van der Waals surface area contributed by atoms with Crippen LogP contribution in [0.4, 0.5) is 0 Å². The highest BCUT2D eigenvalue weighted by atomic mass is 127. The molecule has 0 aromatic rings. The number of nitrogens with zero attached hydrogens (tertiary/aromatic N) is 4. The Morgan fingerprint density at radius 1 is 1.22 bits per heavy atom. The summed E-state index contributed by atoms with van der Waals surface area (Å²) in [5.74, 6) is 1.73. The Labute approximate surface area is 182 Å². The van der Waals surface area contributed by atoms with Crippen LogP contribution in [-0.4, -0.2) is 85.0 Å². The number of guanidine groups is 1. The van der Waals surface area contributed by atoms with Crippen LogP contribution in [0.5, 0.6) is 0 Å². The Hall–Kier alpha value is -0.570. The maximum absolute atomic E-state index is 12.0. The first-order chi connectivity index (χ1) is 12.5. The SMILES string of the molecule is CCC(C)NC(=NCC(=O)N(C)C)N1CCC2C(CCCN2C2CC2)C1.I. The molecule has 1 N–H and O–H groups in total. The van der Waals surface area contributed by atoms with Crippen LogP contribution in [0.1, 0.15) is 52.4 Å². The van der Waals surface area contributed by atoms with Crippen molar-refractivity contribution in [2.24, 2.45) is 10.9 Å². The lowest BCUT2D eigenvalue weighted by molar-refractivity contribution is -0.127. The van der Waals surface area contributed by atoms with E-state index in [9.17, 15) is 4.79 Å². The van der Waals surface area contributed by atoms with Crippen LogP contribution < -0.4 is 5.32 Å². The molecule has 0 bridgehead atoms. The molecule has 0 aromatic heterocycles. The molecular formula is C20H38IN5O. The van der Waals surface area contributed by atoms with Gasteiger partial charge in [-0.2, -0.15) is 0 Å². The molecule has 3 atom stereocenters. The molecule has 1 aliphatic carbocycles. The summed E-state index contributed by atoms with van der Waals surface area (Å²) in [6.45, 7) is 8.02. The third kappa shape index (κ3) is 5.95. The van der Waals surface area contributed by atoms with E-state index in [2.05, 4.69) is 34.0 Å². The van der Waals surface area contributed by atoms with Gasteiger partial charge in [-0.05, 0) is 57.9 Å². The summed E-state index contributed by atoms with van der Waals surface area (Å²) in [6.07, 6.45) is 7.75. The summed E-state index contributed by atoms with van der Waals surface area (Å²) in [4.78, 5) is 23.5. The summed E-state index contributed by atoms with van der Waals surface area (Å²) in [7, 11) is 3.58. The Morgan fingerprint density at radius 3 is 2.59 bits per heavy atom. The Balaban J connectivity index is 0.00000261. The van der Waals surface area contributed by atoms with Gasteiger partial charge >= 0.3 is 0 Å². The number of fused-ring (bicyclic) bond motifs is 1. The second-order valence-corrected chi connectivity index (χ2v) is 8.55. The van der Waals surface area contributed by atoms with Gasteiger partial charge in [-0.1, -0.05) is 6.92 Å². The molecule has 27 heavy (non-hydrogen) atoms. The predicted octanol–water partition coefficient (Wildman–Crippen LogP) is 2.39. The summed E-state index contributed by atoms with van der Waals surface area (Å²) < 4.78 is 0. The van der Waals surface area contributed by atoms with Crippen molar-refractivity contribution < 1.29 is 4.79 Å². The molecular weight excluding hydrogens is 453 g/mol. The minimum absolute atomic E-state index is 0. The molecule has 3 rings (SSSR count). The highest BCUT2D eigenvalue weighted by molar-refractivity contribution is 14.0. The van der Waals surface area contributed by atoms with Crippen LogP contribution in [0.25, 0.3) is 0 Å². The van der Waals surface area contributed by atoms with Crippen molar-refractivity contribution in [1.29, 1.82) is 0 Å². The molecule has 0 spiro atoms. The second-order valence-electron chi connectivity index (χ2n) is 8.55. The second kappa shape index (κ2) is 10.3. The number of carbonyl (C=O) groups excluding carboxylic acids is 1. The molecule has 2 saturated heterocycles. The van der Waals surface area contributed by atoms with Gasteiger partial charge in [0.1, 0.15) is 6.54 Å². The Bertz CT molecular complexity index is 523. The van der Waals surface area contributed by atoms with Crippen molar-refractivity contribution in [3.8, 4) is 0 Å². The summed E-state index contributed by atoms with van der Waals surface area (Å²) >= 11 is 0. The molecule has 156 valence electrons. The molecule has 6 nitrogen and oxygen atoms in total. The van der Waals surface area contributed by atoms with E-state index in [1.165, 1.54) is 38.6 Å². The molecule has 3 fully saturated rings. The monoisotopic (exact) mass is 491 g/mol. The first kappa shape index (κ1) is 22.7. The van der Waals surface area contributed by atoms with Crippen molar-refractivity contribution in [3.05, 3.63) is 0 Å². The standard InChI is InChI=1S/C20H37N5O.HI/c1-5-15(2)22-20(21-13-19(26)23(3)4)24-12-10-18-16(14-24)7-6-11-25(18)17-8-9-17;/h15-18H,5-14H2,1-4H3,(H,21,22);1H. The van der Waals surface area contributed by atoms with E-state index in [0.717, 1.165) is 43.5 Å². The minimum Gasteiger partial charge on any atom is -0.354 e. The minimum atomic E-state index is 0. The summed E-state index contributed by atoms with van der Waals surface area (Å²) in [6, 6.07) is 2.01. The lowest BCUT2D eigenvalue weighted by Gasteiger charge is -2.48. The number of aliphatic imine (C=N–C) groups is 1. The van der Waals surface area contributed by atoms with Gasteiger partial charge in [0, 0.05) is 45.3 Å². The number of likely N-dealkylation sites (N-methyl/N-ethyl adjacent to an activating group) is 1. The lowest BCUT2D eigenvalue weighted by atomic mass is 9.83. The highest BCUT2D eigenvalue weighted by Gasteiger charge is 2.42. The van der Waals surface area contributed by atoms with Crippen LogP contribution in [0.15, 0.2) is 4.99 Å². The number of hydrogen-bond donors (Lipinski definition) is 1. The maximum Gasteiger partial charge on any atom is 0.243 e. The average molecular weight is 491 g/mol.